The molecule has 1 aromatic heterocycles. The summed E-state index contributed by atoms with van der Waals surface area (Å²) in [5.41, 5.74) is 3.05. The predicted octanol–water partition coefficient (Wildman–Crippen LogP) is 3.55. The van der Waals surface area contributed by atoms with Gasteiger partial charge in [0, 0.05) is 24.8 Å². The molecule has 0 amide bonds. The Balaban J connectivity index is 1.94. The molecule has 0 radical (unpaired) electrons. The molecule has 0 spiro atoms. The molecule has 3 rings (SSSR count). The van der Waals surface area contributed by atoms with Crippen LogP contribution in [0.25, 0.3) is 11.3 Å². The number of carboxylic acid groups (broad SMARTS) is 1. The van der Waals surface area contributed by atoms with Gasteiger partial charge in [-0.05, 0) is 43.0 Å². The van der Waals surface area contributed by atoms with Crippen LogP contribution >= 0.6 is 0 Å². The summed E-state index contributed by atoms with van der Waals surface area (Å²) in [4.78, 5) is 17.6. The van der Waals surface area contributed by atoms with Crippen LogP contribution in [0.5, 0.6) is 0 Å². The predicted molar refractivity (Wildman–Crippen MR) is 92.0 cm³/mol. The van der Waals surface area contributed by atoms with Crippen molar-refractivity contribution in [1.82, 2.24) is 4.98 Å². The van der Waals surface area contributed by atoms with Gasteiger partial charge in [0.2, 0.25) is 0 Å². The number of pyridine rings is 1. The van der Waals surface area contributed by atoms with E-state index in [2.05, 4.69) is 22.9 Å². The van der Waals surface area contributed by atoms with Crippen molar-refractivity contribution < 1.29 is 9.90 Å². The fourth-order valence-electron chi connectivity index (χ4n) is 3.03. The molecular formula is C19H19N3O2. The van der Waals surface area contributed by atoms with Gasteiger partial charge in [-0.25, -0.2) is 4.79 Å². The van der Waals surface area contributed by atoms with Gasteiger partial charge in [-0.15, -0.1) is 0 Å². The number of carboxylic acids is 1. The molecule has 1 N–H and O–H groups in total. The highest BCUT2D eigenvalue weighted by Gasteiger charge is 2.19. The Labute approximate surface area is 141 Å². The van der Waals surface area contributed by atoms with Crippen LogP contribution in [0.2, 0.25) is 0 Å². The molecule has 0 unspecified atom stereocenters. The van der Waals surface area contributed by atoms with Crippen LogP contribution in [0.15, 0.2) is 36.5 Å². The van der Waals surface area contributed by atoms with Crippen molar-refractivity contribution >= 4 is 11.7 Å². The minimum absolute atomic E-state index is 0.188. The minimum atomic E-state index is -0.988. The van der Waals surface area contributed by atoms with Gasteiger partial charge in [0.15, 0.2) is 0 Å². The highest BCUT2D eigenvalue weighted by molar-refractivity contribution is 5.89. The average molecular weight is 321 g/mol. The Kier molecular flexibility index (Phi) is 4.48. The van der Waals surface area contributed by atoms with Crippen LogP contribution in [0.3, 0.4) is 0 Å². The lowest BCUT2D eigenvalue weighted by molar-refractivity contribution is 0.0697. The van der Waals surface area contributed by atoms with E-state index < -0.39 is 5.97 Å². The van der Waals surface area contributed by atoms with E-state index in [0.29, 0.717) is 11.3 Å². The number of aromatic carboxylic acids is 1. The first kappa shape index (κ1) is 16.0. The third kappa shape index (κ3) is 3.23. The van der Waals surface area contributed by atoms with Crippen molar-refractivity contribution in [3.05, 3.63) is 47.7 Å². The lowest BCUT2D eigenvalue weighted by atomic mass is 9.97. The van der Waals surface area contributed by atoms with Gasteiger partial charge in [-0.1, -0.05) is 13.0 Å². The molecule has 5 heteroatoms. The number of nitriles is 1. The fourth-order valence-corrected chi connectivity index (χ4v) is 3.03. The van der Waals surface area contributed by atoms with Crippen LogP contribution in [0, 0.1) is 17.2 Å². The van der Waals surface area contributed by atoms with Crippen LogP contribution in [-0.4, -0.2) is 29.1 Å². The van der Waals surface area contributed by atoms with Gasteiger partial charge in [0.1, 0.15) is 6.07 Å². The highest BCUT2D eigenvalue weighted by Crippen LogP contribution is 2.29. The number of aromatic nitrogens is 1. The summed E-state index contributed by atoms with van der Waals surface area (Å²) < 4.78 is 0. The van der Waals surface area contributed by atoms with E-state index in [-0.39, 0.29) is 5.56 Å². The van der Waals surface area contributed by atoms with Crippen LogP contribution in [0.1, 0.15) is 35.7 Å². The first-order valence-corrected chi connectivity index (χ1v) is 8.07. The second-order valence-corrected chi connectivity index (χ2v) is 6.25. The van der Waals surface area contributed by atoms with Crippen molar-refractivity contribution in [3.8, 4) is 17.3 Å². The minimum Gasteiger partial charge on any atom is -0.478 e. The summed E-state index contributed by atoms with van der Waals surface area (Å²) in [6, 6.07) is 10.9. The van der Waals surface area contributed by atoms with Crippen LogP contribution < -0.4 is 4.90 Å². The number of hydrogen-bond donors (Lipinski definition) is 1. The lowest BCUT2D eigenvalue weighted by Gasteiger charge is -2.32. The fraction of sp³-hybridized carbons (Fsp3) is 0.316. The summed E-state index contributed by atoms with van der Waals surface area (Å²) >= 11 is 0. The second-order valence-electron chi connectivity index (χ2n) is 6.25. The van der Waals surface area contributed by atoms with E-state index in [1.54, 1.807) is 6.07 Å². The number of hydrogen-bond acceptors (Lipinski definition) is 4. The van der Waals surface area contributed by atoms with Crippen molar-refractivity contribution in [2.75, 3.05) is 18.0 Å². The monoisotopic (exact) mass is 321 g/mol. The maximum atomic E-state index is 11.1. The topological polar surface area (TPSA) is 77.2 Å². The van der Waals surface area contributed by atoms with E-state index in [0.717, 1.165) is 43.1 Å². The molecule has 1 aliphatic heterocycles. The third-order valence-electron chi connectivity index (χ3n) is 4.54. The van der Waals surface area contributed by atoms with Crippen molar-refractivity contribution in [2.24, 2.45) is 5.92 Å². The third-order valence-corrected chi connectivity index (χ3v) is 4.54. The summed E-state index contributed by atoms with van der Waals surface area (Å²) in [5.74, 6) is -0.257. The number of benzene rings is 1. The first-order chi connectivity index (χ1) is 11.6. The molecule has 5 nitrogen and oxygen atoms in total. The van der Waals surface area contributed by atoms with Gasteiger partial charge < -0.3 is 10.0 Å². The maximum Gasteiger partial charge on any atom is 0.335 e. The first-order valence-electron chi connectivity index (χ1n) is 8.07. The summed E-state index contributed by atoms with van der Waals surface area (Å²) in [5, 5.41) is 18.6. The van der Waals surface area contributed by atoms with Crippen molar-refractivity contribution in [3.63, 3.8) is 0 Å². The van der Waals surface area contributed by atoms with E-state index in [4.69, 9.17) is 5.11 Å². The molecule has 2 heterocycles. The average Bonchev–Trinajstić information content (AvgIpc) is 2.62. The molecule has 122 valence electrons. The summed E-state index contributed by atoms with van der Waals surface area (Å²) in [7, 11) is 0. The summed E-state index contributed by atoms with van der Waals surface area (Å²) in [6.07, 6.45) is 3.74. The quantitative estimate of drug-likeness (QED) is 0.935. The Hall–Kier alpha value is -2.87. The molecule has 1 fully saturated rings. The van der Waals surface area contributed by atoms with E-state index in [9.17, 15) is 10.1 Å². The highest BCUT2D eigenvalue weighted by atomic mass is 16.4. The number of anilines is 1. The zero-order valence-corrected chi connectivity index (χ0v) is 13.6. The maximum absolute atomic E-state index is 11.1. The number of nitrogens with zero attached hydrogens (tertiary/aromatic N) is 3. The molecule has 24 heavy (non-hydrogen) atoms. The van der Waals surface area contributed by atoms with Gasteiger partial charge in [0.25, 0.3) is 0 Å². The van der Waals surface area contributed by atoms with E-state index >= 15 is 0 Å². The van der Waals surface area contributed by atoms with Gasteiger partial charge >= 0.3 is 5.97 Å². The van der Waals surface area contributed by atoms with Gasteiger partial charge in [-0.2, -0.15) is 5.26 Å². The van der Waals surface area contributed by atoms with Crippen molar-refractivity contribution in [1.29, 1.82) is 5.26 Å². The number of piperidine rings is 1. The molecule has 2 aromatic rings. The smallest absolute Gasteiger partial charge is 0.335 e. The molecule has 1 saturated heterocycles. The second kappa shape index (κ2) is 6.71. The molecule has 0 atom stereocenters. The lowest BCUT2D eigenvalue weighted by Crippen LogP contribution is -2.33. The SMILES string of the molecule is CC1CCN(c2ccc(-c3cc(C(=O)O)ccn3)cc2C#N)CC1. The van der Waals surface area contributed by atoms with Gasteiger partial charge in [0.05, 0.1) is 22.5 Å². The molecule has 0 aliphatic carbocycles. The largest absolute Gasteiger partial charge is 0.478 e. The van der Waals surface area contributed by atoms with Crippen LogP contribution in [0.4, 0.5) is 5.69 Å². The van der Waals surface area contributed by atoms with E-state index in [1.165, 1.54) is 18.3 Å². The summed E-state index contributed by atoms with van der Waals surface area (Å²) in [6.45, 7) is 4.18. The molecule has 1 aliphatic rings. The molecule has 0 bridgehead atoms. The standard InChI is InChI=1S/C19H19N3O2/c1-13-5-8-22(9-6-13)18-3-2-14(10-16(18)12-20)17-11-15(19(23)24)4-7-21-17/h2-4,7,10-11,13H,5-6,8-9H2,1H3,(H,23,24). The van der Waals surface area contributed by atoms with Crippen LogP contribution in [-0.2, 0) is 0 Å². The van der Waals surface area contributed by atoms with E-state index in [1.807, 2.05) is 12.1 Å². The normalized spacial score (nSPS) is 15.1. The molecular weight excluding hydrogens is 302 g/mol. The van der Waals surface area contributed by atoms with Gasteiger partial charge in [-0.3, -0.25) is 4.98 Å². The number of rotatable bonds is 3. The Bertz CT molecular complexity index is 802. The zero-order valence-electron chi connectivity index (χ0n) is 13.6. The Morgan fingerprint density at radius 3 is 2.71 bits per heavy atom. The number of carbonyl (C=O) groups is 1. The molecule has 1 aromatic carbocycles. The Morgan fingerprint density at radius 2 is 2.04 bits per heavy atom. The van der Waals surface area contributed by atoms with Crippen molar-refractivity contribution in [2.45, 2.75) is 19.8 Å². The Morgan fingerprint density at radius 1 is 1.29 bits per heavy atom. The zero-order chi connectivity index (χ0) is 17.1. The molecule has 0 saturated carbocycles.